The van der Waals surface area contributed by atoms with Crippen molar-refractivity contribution in [3.8, 4) is 5.75 Å². The maximum atomic E-state index is 5.94. The van der Waals surface area contributed by atoms with Gasteiger partial charge in [0.15, 0.2) is 0 Å². The minimum absolute atomic E-state index is 0.185. The Morgan fingerprint density at radius 3 is 2.38 bits per heavy atom. The standard InChI is InChI=1S/C17H17Br2ClO/c1-10-8-14(18)11(2)16(17(10)21-3)15(19)9-12-4-6-13(20)7-5-12/h4-8,15H,9H2,1-3H3. The molecule has 0 radical (unpaired) electrons. The zero-order valence-electron chi connectivity index (χ0n) is 12.2. The molecule has 0 N–H and O–H groups in total. The smallest absolute Gasteiger partial charge is 0.126 e. The minimum Gasteiger partial charge on any atom is -0.496 e. The van der Waals surface area contributed by atoms with Crippen LogP contribution in [-0.4, -0.2) is 7.11 Å². The number of alkyl halides is 1. The molecule has 1 nitrogen and oxygen atoms in total. The highest BCUT2D eigenvalue weighted by Crippen LogP contribution is 2.41. The minimum atomic E-state index is 0.185. The van der Waals surface area contributed by atoms with E-state index in [1.807, 2.05) is 12.1 Å². The first-order valence-corrected chi connectivity index (χ1v) is 8.74. The second kappa shape index (κ2) is 7.17. The predicted octanol–water partition coefficient (Wildman–Crippen LogP) is 6.41. The fraction of sp³-hybridized carbons (Fsp3) is 0.294. The number of rotatable bonds is 4. The van der Waals surface area contributed by atoms with Gasteiger partial charge in [0, 0.05) is 19.9 Å². The van der Waals surface area contributed by atoms with Crippen LogP contribution < -0.4 is 4.74 Å². The second-order valence-electron chi connectivity index (χ2n) is 5.05. The third-order valence-electron chi connectivity index (χ3n) is 3.55. The molecule has 0 amide bonds. The topological polar surface area (TPSA) is 9.23 Å². The van der Waals surface area contributed by atoms with Gasteiger partial charge in [0.2, 0.25) is 0 Å². The molecule has 21 heavy (non-hydrogen) atoms. The molecule has 0 aromatic heterocycles. The highest BCUT2D eigenvalue weighted by Gasteiger charge is 2.20. The highest BCUT2D eigenvalue weighted by atomic mass is 79.9. The van der Waals surface area contributed by atoms with Crippen LogP contribution in [0.2, 0.25) is 5.02 Å². The Morgan fingerprint density at radius 2 is 1.81 bits per heavy atom. The molecule has 2 rings (SSSR count). The molecule has 0 aliphatic heterocycles. The van der Waals surface area contributed by atoms with Crippen LogP contribution in [0.3, 0.4) is 0 Å². The van der Waals surface area contributed by atoms with Gasteiger partial charge in [0.1, 0.15) is 5.75 Å². The summed E-state index contributed by atoms with van der Waals surface area (Å²) < 4.78 is 6.73. The lowest BCUT2D eigenvalue weighted by molar-refractivity contribution is 0.405. The van der Waals surface area contributed by atoms with E-state index >= 15 is 0 Å². The predicted molar refractivity (Wildman–Crippen MR) is 97.0 cm³/mol. The molecular weight excluding hydrogens is 415 g/mol. The van der Waals surface area contributed by atoms with Gasteiger partial charge < -0.3 is 4.74 Å². The molecule has 0 aliphatic rings. The Hall–Kier alpha value is -0.510. The van der Waals surface area contributed by atoms with E-state index in [9.17, 15) is 0 Å². The summed E-state index contributed by atoms with van der Waals surface area (Å²) in [7, 11) is 1.72. The summed E-state index contributed by atoms with van der Waals surface area (Å²) in [4.78, 5) is 0.185. The van der Waals surface area contributed by atoms with Crippen LogP contribution in [-0.2, 0) is 6.42 Å². The average Bonchev–Trinajstić information content (AvgIpc) is 2.44. The largest absolute Gasteiger partial charge is 0.496 e. The normalized spacial score (nSPS) is 12.3. The third-order valence-corrected chi connectivity index (χ3v) is 5.41. The summed E-state index contributed by atoms with van der Waals surface area (Å²) >= 11 is 13.4. The molecule has 112 valence electrons. The first-order chi connectivity index (χ1) is 9.93. The summed E-state index contributed by atoms with van der Waals surface area (Å²) in [5, 5.41) is 0.761. The number of halogens is 3. The number of aryl methyl sites for hydroxylation is 1. The van der Waals surface area contributed by atoms with Gasteiger partial charge in [0.25, 0.3) is 0 Å². The first kappa shape index (κ1) is 16.9. The fourth-order valence-electron chi connectivity index (χ4n) is 2.45. The van der Waals surface area contributed by atoms with E-state index in [4.69, 9.17) is 16.3 Å². The number of benzene rings is 2. The van der Waals surface area contributed by atoms with E-state index in [1.165, 1.54) is 16.7 Å². The van der Waals surface area contributed by atoms with Gasteiger partial charge in [-0.1, -0.05) is 55.6 Å². The van der Waals surface area contributed by atoms with E-state index in [-0.39, 0.29) is 4.83 Å². The highest BCUT2D eigenvalue weighted by molar-refractivity contribution is 9.10. The van der Waals surface area contributed by atoms with E-state index in [2.05, 4.69) is 63.9 Å². The molecule has 1 unspecified atom stereocenters. The van der Waals surface area contributed by atoms with Crippen LogP contribution in [0.25, 0.3) is 0 Å². The molecule has 0 spiro atoms. The lowest BCUT2D eigenvalue weighted by Crippen LogP contribution is -2.04. The van der Waals surface area contributed by atoms with Gasteiger partial charge in [-0.25, -0.2) is 0 Å². The van der Waals surface area contributed by atoms with Gasteiger partial charge in [-0.3, -0.25) is 0 Å². The molecule has 0 fully saturated rings. The Labute approximate surface area is 147 Å². The van der Waals surface area contributed by atoms with Gasteiger partial charge in [-0.2, -0.15) is 0 Å². The van der Waals surface area contributed by atoms with Crippen LogP contribution in [0.15, 0.2) is 34.8 Å². The summed E-state index contributed by atoms with van der Waals surface area (Å²) in [6, 6.07) is 10.1. The number of hydrogen-bond donors (Lipinski definition) is 0. The van der Waals surface area contributed by atoms with Gasteiger partial charge in [0.05, 0.1) is 7.11 Å². The summed E-state index contributed by atoms with van der Waals surface area (Å²) in [6.45, 7) is 4.17. The van der Waals surface area contributed by atoms with Crippen LogP contribution >= 0.6 is 43.5 Å². The lowest BCUT2D eigenvalue weighted by atomic mass is 9.97. The van der Waals surface area contributed by atoms with Gasteiger partial charge in [-0.05, 0) is 55.2 Å². The Kier molecular flexibility index (Phi) is 5.75. The van der Waals surface area contributed by atoms with E-state index in [0.717, 1.165) is 27.2 Å². The quantitative estimate of drug-likeness (QED) is 0.508. The molecule has 0 heterocycles. The molecule has 0 aliphatic carbocycles. The van der Waals surface area contributed by atoms with E-state index in [1.54, 1.807) is 7.11 Å². The molecule has 0 saturated heterocycles. The van der Waals surface area contributed by atoms with E-state index in [0.29, 0.717) is 0 Å². The van der Waals surface area contributed by atoms with Gasteiger partial charge >= 0.3 is 0 Å². The Morgan fingerprint density at radius 1 is 1.19 bits per heavy atom. The van der Waals surface area contributed by atoms with Crippen LogP contribution in [0.4, 0.5) is 0 Å². The van der Waals surface area contributed by atoms with Crippen molar-refractivity contribution in [2.45, 2.75) is 25.1 Å². The number of methoxy groups -OCH3 is 1. The van der Waals surface area contributed by atoms with Crippen LogP contribution in [0.1, 0.15) is 27.1 Å². The number of hydrogen-bond acceptors (Lipinski definition) is 1. The first-order valence-electron chi connectivity index (χ1n) is 6.66. The van der Waals surface area contributed by atoms with Gasteiger partial charge in [-0.15, -0.1) is 0 Å². The zero-order valence-corrected chi connectivity index (χ0v) is 16.1. The molecule has 4 heteroatoms. The van der Waals surface area contributed by atoms with Crippen LogP contribution in [0.5, 0.6) is 5.75 Å². The van der Waals surface area contributed by atoms with E-state index < -0.39 is 0 Å². The zero-order chi connectivity index (χ0) is 15.6. The third kappa shape index (κ3) is 3.82. The monoisotopic (exact) mass is 430 g/mol. The second-order valence-corrected chi connectivity index (χ2v) is 7.44. The number of ether oxygens (including phenoxy) is 1. The maximum absolute atomic E-state index is 5.94. The Bertz CT molecular complexity index is 638. The van der Waals surface area contributed by atoms with Crippen molar-refractivity contribution in [3.05, 3.63) is 62.1 Å². The maximum Gasteiger partial charge on any atom is 0.126 e. The molecule has 0 saturated carbocycles. The average molecular weight is 433 g/mol. The molecular formula is C17H17Br2ClO. The molecule has 1 atom stereocenters. The van der Waals surface area contributed by atoms with Crippen molar-refractivity contribution in [1.82, 2.24) is 0 Å². The van der Waals surface area contributed by atoms with Crippen molar-refractivity contribution in [2.75, 3.05) is 7.11 Å². The molecule has 2 aromatic carbocycles. The van der Waals surface area contributed by atoms with Crippen molar-refractivity contribution >= 4 is 43.5 Å². The molecule has 0 bridgehead atoms. The van der Waals surface area contributed by atoms with Crippen molar-refractivity contribution in [2.24, 2.45) is 0 Å². The Balaban J connectivity index is 2.38. The molecule has 2 aromatic rings. The lowest BCUT2D eigenvalue weighted by Gasteiger charge is -2.20. The van der Waals surface area contributed by atoms with Crippen LogP contribution in [0, 0.1) is 13.8 Å². The van der Waals surface area contributed by atoms with Crippen molar-refractivity contribution in [1.29, 1.82) is 0 Å². The van der Waals surface area contributed by atoms with Crippen molar-refractivity contribution < 1.29 is 4.74 Å². The summed E-state index contributed by atoms with van der Waals surface area (Å²) in [6.07, 6.45) is 0.879. The SMILES string of the molecule is COc1c(C)cc(Br)c(C)c1C(Br)Cc1ccc(Cl)cc1. The van der Waals surface area contributed by atoms with Crippen molar-refractivity contribution in [3.63, 3.8) is 0 Å². The summed E-state index contributed by atoms with van der Waals surface area (Å²) in [5.41, 5.74) is 4.76. The fourth-order valence-corrected chi connectivity index (χ4v) is 4.06. The summed E-state index contributed by atoms with van der Waals surface area (Å²) in [5.74, 6) is 0.950.